The van der Waals surface area contributed by atoms with Gasteiger partial charge in [0, 0.05) is 19.1 Å². The number of ether oxygens (including phenoxy) is 1. The number of hydrogen-bond donors (Lipinski definition) is 1. The average molecular weight is 421 g/mol. The Morgan fingerprint density at radius 1 is 0.935 bits per heavy atom. The van der Waals surface area contributed by atoms with Gasteiger partial charge in [0.25, 0.3) is 5.91 Å². The summed E-state index contributed by atoms with van der Waals surface area (Å²) in [6.07, 6.45) is 0.881. The summed E-state index contributed by atoms with van der Waals surface area (Å²) in [5, 5.41) is 2.95. The summed E-state index contributed by atoms with van der Waals surface area (Å²) in [4.78, 5) is 14.7. The van der Waals surface area contributed by atoms with Gasteiger partial charge in [-0.15, -0.1) is 0 Å². The van der Waals surface area contributed by atoms with E-state index in [0.29, 0.717) is 18.9 Å². The molecule has 31 heavy (non-hydrogen) atoms. The summed E-state index contributed by atoms with van der Waals surface area (Å²) < 4.78 is 11.4. The number of hydrogen-bond acceptors (Lipinski definition) is 4. The van der Waals surface area contributed by atoms with Crippen molar-refractivity contribution in [1.29, 1.82) is 0 Å². The molecule has 0 radical (unpaired) electrons. The smallest absolute Gasteiger partial charge is 0.287 e. The summed E-state index contributed by atoms with van der Waals surface area (Å²) in [5.74, 6) is 1.85. The second-order valence-electron chi connectivity index (χ2n) is 7.76. The van der Waals surface area contributed by atoms with Crippen LogP contribution in [0.3, 0.4) is 0 Å². The molecule has 3 rings (SSSR count). The van der Waals surface area contributed by atoms with Crippen molar-refractivity contribution in [2.24, 2.45) is 0 Å². The van der Waals surface area contributed by atoms with Gasteiger partial charge in [0.1, 0.15) is 11.5 Å². The maximum absolute atomic E-state index is 12.3. The van der Waals surface area contributed by atoms with Crippen LogP contribution in [0.1, 0.15) is 54.6 Å². The third kappa shape index (κ3) is 7.00. The lowest BCUT2D eigenvalue weighted by Crippen LogP contribution is -2.31. The maximum Gasteiger partial charge on any atom is 0.287 e. The molecule has 1 unspecified atom stereocenters. The highest BCUT2D eigenvalue weighted by molar-refractivity contribution is 5.91. The summed E-state index contributed by atoms with van der Waals surface area (Å²) >= 11 is 0. The van der Waals surface area contributed by atoms with Crippen LogP contribution in [0, 0.1) is 0 Å². The van der Waals surface area contributed by atoms with Gasteiger partial charge >= 0.3 is 0 Å². The van der Waals surface area contributed by atoms with E-state index in [-0.39, 0.29) is 11.9 Å². The van der Waals surface area contributed by atoms with E-state index in [4.69, 9.17) is 9.15 Å². The predicted molar refractivity (Wildman–Crippen MR) is 123 cm³/mol. The van der Waals surface area contributed by atoms with Crippen LogP contribution in [0.15, 0.2) is 71.1 Å². The standard InChI is InChI=1S/C26H32N2O3/c1-4-20(3)27-26(29)25-16-15-24(31-25)19-28(17-21-9-7-6-8-10-21)18-22-11-13-23(14-12-22)30-5-2/h6-16,20H,4-5,17-19H2,1-3H3,(H,27,29). The Bertz CT molecular complexity index is 935. The Morgan fingerprint density at radius 2 is 1.61 bits per heavy atom. The summed E-state index contributed by atoms with van der Waals surface area (Å²) in [6, 6.07) is 22.3. The zero-order valence-electron chi connectivity index (χ0n) is 18.6. The molecule has 1 amide bonds. The van der Waals surface area contributed by atoms with Gasteiger partial charge < -0.3 is 14.5 Å². The fourth-order valence-electron chi connectivity index (χ4n) is 3.33. The first kappa shape index (κ1) is 22.6. The summed E-state index contributed by atoms with van der Waals surface area (Å²) in [7, 11) is 0. The van der Waals surface area contributed by atoms with Crippen LogP contribution in [-0.4, -0.2) is 23.5 Å². The highest BCUT2D eigenvalue weighted by Crippen LogP contribution is 2.18. The SMILES string of the molecule is CCOc1ccc(CN(Cc2ccccc2)Cc2ccc(C(=O)NC(C)CC)o2)cc1. The maximum atomic E-state index is 12.3. The molecule has 164 valence electrons. The second kappa shape index (κ2) is 11.4. The molecule has 5 nitrogen and oxygen atoms in total. The number of amides is 1. The number of furan rings is 1. The molecular weight excluding hydrogens is 388 g/mol. The quantitative estimate of drug-likeness (QED) is 0.451. The topological polar surface area (TPSA) is 54.7 Å². The molecule has 0 saturated heterocycles. The number of nitrogens with zero attached hydrogens (tertiary/aromatic N) is 1. The van der Waals surface area contributed by atoms with Crippen molar-refractivity contribution < 1.29 is 13.9 Å². The van der Waals surface area contributed by atoms with Crippen LogP contribution in [0.5, 0.6) is 5.75 Å². The lowest BCUT2D eigenvalue weighted by Gasteiger charge is -2.22. The van der Waals surface area contributed by atoms with E-state index in [1.807, 2.05) is 45.0 Å². The van der Waals surface area contributed by atoms with Gasteiger partial charge in [-0.25, -0.2) is 0 Å². The molecule has 1 heterocycles. The van der Waals surface area contributed by atoms with Gasteiger partial charge in [0.15, 0.2) is 5.76 Å². The molecule has 2 aromatic carbocycles. The first-order chi connectivity index (χ1) is 15.1. The molecule has 0 spiro atoms. The number of carbonyl (C=O) groups is 1. The highest BCUT2D eigenvalue weighted by atomic mass is 16.5. The highest BCUT2D eigenvalue weighted by Gasteiger charge is 2.16. The zero-order chi connectivity index (χ0) is 22.1. The molecule has 1 aromatic heterocycles. The number of nitrogens with one attached hydrogen (secondary N) is 1. The van der Waals surface area contributed by atoms with Crippen LogP contribution in [0.4, 0.5) is 0 Å². The van der Waals surface area contributed by atoms with Crippen LogP contribution < -0.4 is 10.1 Å². The lowest BCUT2D eigenvalue weighted by molar-refractivity contribution is 0.0906. The van der Waals surface area contributed by atoms with Crippen molar-refractivity contribution in [2.75, 3.05) is 6.61 Å². The van der Waals surface area contributed by atoms with Gasteiger partial charge in [-0.2, -0.15) is 0 Å². The van der Waals surface area contributed by atoms with E-state index in [0.717, 1.165) is 31.0 Å². The van der Waals surface area contributed by atoms with Crippen molar-refractivity contribution in [3.05, 3.63) is 89.4 Å². The minimum Gasteiger partial charge on any atom is -0.494 e. The minimum absolute atomic E-state index is 0.121. The first-order valence-electron chi connectivity index (χ1n) is 10.9. The van der Waals surface area contributed by atoms with Crippen molar-refractivity contribution in [3.8, 4) is 5.75 Å². The van der Waals surface area contributed by atoms with Gasteiger partial charge in [-0.1, -0.05) is 49.4 Å². The Balaban J connectivity index is 1.71. The average Bonchev–Trinajstić information content (AvgIpc) is 3.24. The molecule has 5 heteroatoms. The molecular formula is C26H32N2O3. The van der Waals surface area contributed by atoms with Crippen LogP contribution in [0.25, 0.3) is 0 Å². The second-order valence-corrected chi connectivity index (χ2v) is 7.76. The van der Waals surface area contributed by atoms with Crippen LogP contribution >= 0.6 is 0 Å². The Kier molecular flexibility index (Phi) is 8.30. The third-order valence-corrected chi connectivity index (χ3v) is 5.14. The Hall–Kier alpha value is -3.05. The van der Waals surface area contributed by atoms with Crippen molar-refractivity contribution in [3.63, 3.8) is 0 Å². The molecule has 0 aliphatic heterocycles. The van der Waals surface area contributed by atoms with Crippen LogP contribution in [-0.2, 0) is 19.6 Å². The number of rotatable bonds is 11. The molecule has 0 aliphatic carbocycles. The molecule has 0 aliphatic rings. The van der Waals surface area contributed by atoms with E-state index >= 15 is 0 Å². The van der Waals surface area contributed by atoms with Gasteiger partial charge in [-0.3, -0.25) is 9.69 Å². The molecule has 3 aromatic rings. The molecule has 0 saturated carbocycles. The van der Waals surface area contributed by atoms with Gasteiger partial charge in [-0.05, 0) is 55.7 Å². The molecule has 0 bridgehead atoms. The van der Waals surface area contributed by atoms with Crippen LogP contribution in [0.2, 0.25) is 0 Å². The largest absolute Gasteiger partial charge is 0.494 e. The predicted octanol–water partition coefficient (Wildman–Crippen LogP) is 5.41. The van der Waals surface area contributed by atoms with E-state index in [1.165, 1.54) is 11.1 Å². The van der Waals surface area contributed by atoms with Crippen molar-refractivity contribution in [2.45, 2.75) is 52.9 Å². The normalized spacial score (nSPS) is 12.0. The monoisotopic (exact) mass is 420 g/mol. The zero-order valence-corrected chi connectivity index (χ0v) is 18.6. The molecule has 0 fully saturated rings. The van der Waals surface area contributed by atoms with E-state index in [9.17, 15) is 4.79 Å². The van der Waals surface area contributed by atoms with Gasteiger partial charge in [0.2, 0.25) is 0 Å². The van der Waals surface area contributed by atoms with E-state index < -0.39 is 0 Å². The molecule has 1 N–H and O–H groups in total. The number of carbonyl (C=O) groups excluding carboxylic acids is 1. The first-order valence-corrected chi connectivity index (χ1v) is 10.9. The third-order valence-electron chi connectivity index (χ3n) is 5.14. The Labute approximate surface area is 185 Å². The van der Waals surface area contributed by atoms with Gasteiger partial charge in [0.05, 0.1) is 13.2 Å². The van der Waals surface area contributed by atoms with Crippen molar-refractivity contribution >= 4 is 5.91 Å². The molecule has 1 atom stereocenters. The van der Waals surface area contributed by atoms with E-state index in [2.05, 4.69) is 46.6 Å². The number of benzene rings is 2. The Morgan fingerprint density at radius 3 is 2.26 bits per heavy atom. The fraction of sp³-hybridized carbons (Fsp3) is 0.346. The summed E-state index contributed by atoms with van der Waals surface area (Å²) in [6.45, 7) is 8.82. The minimum atomic E-state index is -0.165. The van der Waals surface area contributed by atoms with E-state index in [1.54, 1.807) is 6.07 Å². The summed E-state index contributed by atoms with van der Waals surface area (Å²) in [5.41, 5.74) is 2.43. The lowest BCUT2D eigenvalue weighted by atomic mass is 10.1. The van der Waals surface area contributed by atoms with Crippen molar-refractivity contribution in [1.82, 2.24) is 10.2 Å². The fourth-order valence-corrected chi connectivity index (χ4v) is 3.33.